The van der Waals surface area contributed by atoms with E-state index in [0.29, 0.717) is 0 Å². The largest absolute Gasteiger partial charge is 0.399 e. The molecule has 1 aliphatic rings. The summed E-state index contributed by atoms with van der Waals surface area (Å²) in [5, 5.41) is 0. The van der Waals surface area contributed by atoms with Crippen LogP contribution in [0.3, 0.4) is 0 Å². The molecule has 0 unspecified atom stereocenters. The lowest BCUT2D eigenvalue weighted by Gasteiger charge is -2.08. The molecule has 0 saturated heterocycles. The lowest BCUT2D eigenvalue weighted by Crippen LogP contribution is -2.27. The van der Waals surface area contributed by atoms with Crippen LogP contribution in [0.4, 0.5) is 11.4 Å². The number of nitrogen functional groups attached to an aromatic ring is 1. The molecule has 4 N–H and O–H groups in total. The number of hydrogen-bond donors (Lipinski definition) is 3. The van der Waals surface area contributed by atoms with E-state index >= 15 is 0 Å². The highest BCUT2D eigenvalue weighted by Gasteiger charge is 2.04. The van der Waals surface area contributed by atoms with Gasteiger partial charge in [-0.05, 0) is 30.7 Å². The molecule has 0 bridgehead atoms. The SMILES string of the molecule is Nc1ccc(NNC2=NCCC2)cc1. The fraction of sp³-hybridized carbons (Fsp3) is 0.300. The van der Waals surface area contributed by atoms with Crippen molar-refractivity contribution < 1.29 is 0 Å². The second-order valence-electron chi connectivity index (χ2n) is 3.30. The molecule has 1 aromatic rings. The van der Waals surface area contributed by atoms with Gasteiger partial charge in [0.05, 0.1) is 5.69 Å². The second kappa shape index (κ2) is 4.00. The van der Waals surface area contributed by atoms with Crippen LogP contribution in [0.1, 0.15) is 12.8 Å². The van der Waals surface area contributed by atoms with Gasteiger partial charge >= 0.3 is 0 Å². The van der Waals surface area contributed by atoms with Crippen LogP contribution in [0.25, 0.3) is 0 Å². The molecule has 2 rings (SSSR count). The van der Waals surface area contributed by atoms with Crippen molar-refractivity contribution in [2.75, 3.05) is 17.7 Å². The van der Waals surface area contributed by atoms with Gasteiger partial charge in [0, 0.05) is 18.7 Å². The number of benzene rings is 1. The van der Waals surface area contributed by atoms with Crippen LogP contribution in [0.5, 0.6) is 0 Å². The zero-order chi connectivity index (χ0) is 9.80. The van der Waals surface area contributed by atoms with Crippen LogP contribution in [-0.2, 0) is 0 Å². The Labute approximate surface area is 83.2 Å². The van der Waals surface area contributed by atoms with Crippen LogP contribution in [0.2, 0.25) is 0 Å². The van der Waals surface area contributed by atoms with E-state index < -0.39 is 0 Å². The maximum Gasteiger partial charge on any atom is 0.115 e. The predicted octanol–water partition coefficient (Wildman–Crippen LogP) is 1.38. The van der Waals surface area contributed by atoms with Crippen molar-refractivity contribution in [2.45, 2.75) is 12.8 Å². The van der Waals surface area contributed by atoms with Gasteiger partial charge in [-0.2, -0.15) is 0 Å². The normalized spacial score (nSPS) is 15.0. The molecule has 0 aliphatic carbocycles. The van der Waals surface area contributed by atoms with Gasteiger partial charge in [-0.1, -0.05) is 0 Å². The van der Waals surface area contributed by atoms with Crippen molar-refractivity contribution >= 4 is 17.2 Å². The predicted molar refractivity (Wildman–Crippen MR) is 59.1 cm³/mol. The van der Waals surface area contributed by atoms with Crippen molar-refractivity contribution in [3.63, 3.8) is 0 Å². The molecule has 0 amide bonds. The summed E-state index contributed by atoms with van der Waals surface area (Å²) in [6.07, 6.45) is 2.17. The van der Waals surface area contributed by atoms with E-state index in [0.717, 1.165) is 36.6 Å². The number of nitrogens with two attached hydrogens (primary N) is 1. The molecule has 74 valence electrons. The molecule has 0 spiro atoms. The first-order valence-electron chi connectivity index (χ1n) is 4.75. The fourth-order valence-electron chi connectivity index (χ4n) is 1.35. The van der Waals surface area contributed by atoms with E-state index in [-0.39, 0.29) is 0 Å². The average molecular weight is 190 g/mol. The molecule has 4 heteroatoms. The lowest BCUT2D eigenvalue weighted by molar-refractivity contribution is 0.944. The Balaban J connectivity index is 1.88. The zero-order valence-electron chi connectivity index (χ0n) is 7.96. The molecule has 1 aromatic carbocycles. The third-order valence-corrected chi connectivity index (χ3v) is 2.14. The highest BCUT2D eigenvalue weighted by molar-refractivity contribution is 5.84. The smallest absolute Gasteiger partial charge is 0.115 e. The van der Waals surface area contributed by atoms with E-state index in [1.165, 1.54) is 0 Å². The van der Waals surface area contributed by atoms with E-state index in [1.807, 2.05) is 24.3 Å². The molecule has 0 radical (unpaired) electrons. The van der Waals surface area contributed by atoms with Crippen LogP contribution in [0.15, 0.2) is 29.3 Å². The summed E-state index contributed by atoms with van der Waals surface area (Å²) in [7, 11) is 0. The molecule has 4 nitrogen and oxygen atoms in total. The second-order valence-corrected chi connectivity index (χ2v) is 3.30. The molecule has 1 heterocycles. The zero-order valence-corrected chi connectivity index (χ0v) is 7.96. The molecule has 0 fully saturated rings. The molecule has 0 atom stereocenters. The monoisotopic (exact) mass is 190 g/mol. The minimum Gasteiger partial charge on any atom is -0.399 e. The summed E-state index contributed by atoms with van der Waals surface area (Å²) in [5.74, 6) is 1.03. The summed E-state index contributed by atoms with van der Waals surface area (Å²) >= 11 is 0. The summed E-state index contributed by atoms with van der Waals surface area (Å²) in [4.78, 5) is 4.29. The molecular weight excluding hydrogens is 176 g/mol. The summed E-state index contributed by atoms with van der Waals surface area (Å²) in [5.41, 5.74) is 13.5. The van der Waals surface area contributed by atoms with Gasteiger partial charge < -0.3 is 5.73 Å². The van der Waals surface area contributed by atoms with Crippen LogP contribution < -0.4 is 16.6 Å². The quantitative estimate of drug-likeness (QED) is 0.487. The topological polar surface area (TPSA) is 62.4 Å². The van der Waals surface area contributed by atoms with Gasteiger partial charge in [0.25, 0.3) is 0 Å². The van der Waals surface area contributed by atoms with Gasteiger partial charge in [-0.3, -0.25) is 15.8 Å². The maximum absolute atomic E-state index is 5.57. The Morgan fingerprint density at radius 1 is 1.14 bits per heavy atom. The fourth-order valence-corrected chi connectivity index (χ4v) is 1.35. The third kappa shape index (κ3) is 2.16. The first-order chi connectivity index (χ1) is 6.84. The first kappa shape index (κ1) is 8.87. The number of nitrogens with one attached hydrogen (secondary N) is 2. The Morgan fingerprint density at radius 2 is 1.93 bits per heavy atom. The summed E-state index contributed by atoms with van der Waals surface area (Å²) in [6.45, 7) is 0.936. The maximum atomic E-state index is 5.57. The number of hydrogen-bond acceptors (Lipinski definition) is 4. The molecule has 0 aromatic heterocycles. The van der Waals surface area contributed by atoms with Crippen molar-refractivity contribution in [2.24, 2.45) is 4.99 Å². The van der Waals surface area contributed by atoms with Crippen LogP contribution in [0, 0.1) is 0 Å². The number of hydrazine groups is 1. The Bertz CT molecular complexity index is 328. The standard InChI is InChI=1S/C10H14N4/c11-8-3-5-9(6-4-8)13-14-10-2-1-7-12-10/h3-6,13H,1-2,7,11H2,(H,12,14). The van der Waals surface area contributed by atoms with Crippen LogP contribution >= 0.6 is 0 Å². The van der Waals surface area contributed by atoms with Gasteiger partial charge in [0.2, 0.25) is 0 Å². The Kier molecular flexibility index (Phi) is 2.53. The molecular formula is C10H14N4. The number of amidine groups is 1. The van der Waals surface area contributed by atoms with Crippen LogP contribution in [-0.4, -0.2) is 12.4 Å². The molecule has 14 heavy (non-hydrogen) atoms. The summed E-state index contributed by atoms with van der Waals surface area (Å²) in [6, 6.07) is 7.58. The van der Waals surface area contributed by atoms with Gasteiger partial charge in [0.1, 0.15) is 5.84 Å². The average Bonchev–Trinajstić information content (AvgIpc) is 2.70. The van der Waals surface area contributed by atoms with E-state index in [9.17, 15) is 0 Å². The van der Waals surface area contributed by atoms with Crippen molar-refractivity contribution in [3.05, 3.63) is 24.3 Å². The minimum atomic E-state index is 0.772. The van der Waals surface area contributed by atoms with Crippen molar-refractivity contribution in [1.82, 2.24) is 5.43 Å². The van der Waals surface area contributed by atoms with E-state index in [4.69, 9.17) is 5.73 Å². The van der Waals surface area contributed by atoms with Gasteiger partial charge in [-0.25, -0.2) is 0 Å². The van der Waals surface area contributed by atoms with Gasteiger partial charge in [-0.15, -0.1) is 0 Å². The minimum absolute atomic E-state index is 0.772. The Hall–Kier alpha value is -1.71. The van der Waals surface area contributed by atoms with E-state index in [1.54, 1.807) is 0 Å². The highest BCUT2D eigenvalue weighted by Crippen LogP contribution is 2.09. The van der Waals surface area contributed by atoms with E-state index in [2.05, 4.69) is 15.8 Å². The Morgan fingerprint density at radius 3 is 2.57 bits per heavy atom. The van der Waals surface area contributed by atoms with Crippen molar-refractivity contribution in [3.8, 4) is 0 Å². The lowest BCUT2D eigenvalue weighted by atomic mass is 10.3. The molecule has 0 saturated carbocycles. The number of aliphatic imine (C=N–C) groups is 1. The third-order valence-electron chi connectivity index (χ3n) is 2.14. The number of rotatable bonds is 2. The summed E-state index contributed by atoms with van der Waals surface area (Å²) < 4.78 is 0. The number of anilines is 2. The number of nitrogens with zero attached hydrogens (tertiary/aromatic N) is 1. The van der Waals surface area contributed by atoms with Crippen molar-refractivity contribution in [1.29, 1.82) is 0 Å². The first-order valence-corrected chi connectivity index (χ1v) is 4.75. The van der Waals surface area contributed by atoms with Gasteiger partial charge in [0.15, 0.2) is 0 Å². The molecule has 1 aliphatic heterocycles. The highest BCUT2D eigenvalue weighted by atomic mass is 15.4.